The maximum atomic E-state index is 5.99. The number of hydrogen-bond acceptors (Lipinski definition) is 3. The van der Waals surface area contributed by atoms with E-state index in [1.807, 2.05) is 0 Å². The van der Waals surface area contributed by atoms with Gasteiger partial charge in [0.2, 0.25) is 0 Å². The van der Waals surface area contributed by atoms with E-state index in [-0.39, 0.29) is 0 Å². The van der Waals surface area contributed by atoms with Gasteiger partial charge >= 0.3 is 0 Å². The molecule has 0 aliphatic carbocycles. The Labute approximate surface area is 85.5 Å². The fourth-order valence-electron chi connectivity index (χ4n) is 2.70. The highest BCUT2D eigenvalue weighted by Crippen LogP contribution is 2.33. The van der Waals surface area contributed by atoms with Crippen molar-refractivity contribution < 1.29 is 4.84 Å². The third kappa shape index (κ3) is 1.93. The minimum Gasteiger partial charge on any atom is -0.328 e. The van der Waals surface area contributed by atoms with E-state index < -0.39 is 0 Å². The fourth-order valence-corrected chi connectivity index (χ4v) is 2.70. The highest BCUT2D eigenvalue weighted by Gasteiger charge is 2.37. The minimum absolute atomic E-state index is 0.357. The quantitative estimate of drug-likeness (QED) is 0.664. The van der Waals surface area contributed by atoms with Gasteiger partial charge in [0.25, 0.3) is 0 Å². The van der Waals surface area contributed by atoms with Gasteiger partial charge in [-0.3, -0.25) is 4.84 Å². The predicted octanol–water partition coefficient (Wildman–Crippen LogP) is 0.895. The SMILES string of the molecule is C#CCON1C2CCCC1CC(N)C2. The second-order valence-electron chi connectivity index (χ2n) is 4.31. The monoisotopic (exact) mass is 194 g/mol. The summed E-state index contributed by atoms with van der Waals surface area (Å²) in [4.78, 5) is 5.59. The molecular formula is C11H18N2O. The first-order valence-corrected chi connectivity index (χ1v) is 5.41. The van der Waals surface area contributed by atoms with E-state index in [0.717, 1.165) is 12.8 Å². The molecule has 78 valence electrons. The second-order valence-corrected chi connectivity index (χ2v) is 4.31. The van der Waals surface area contributed by atoms with Crippen LogP contribution in [-0.4, -0.2) is 29.8 Å². The van der Waals surface area contributed by atoms with E-state index in [2.05, 4.69) is 11.0 Å². The molecule has 2 fully saturated rings. The van der Waals surface area contributed by atoms with E-state index in [1.165, 1.54) is 19.3 Å². The number of hydroxylamine groups is 2. The summed E-state index contributed by atoms with van der Waals surface area (Å²) in [6.07, 6.45) is 11.0. The third-order valence-corrected chi connectivity index (χ3v) is 3.24. The Balaban J connectivity index is 1.98. The van der Waals surface area contributed by atoms with Crippen LogP contribution in [0.5, 0.6) is 0 Å². The Morgan fingerprint density at radius 1 is 1.36 bits per heavy atom. The molecule has 0 saturated carbocycles. The molecule has 14 heavy (non-hydrogen) atoms. The van der Waals surface area contributed by atoms with Crippen LogP contribution in [0.2, 0.25) is 0 Å². The van der Waals surface area contributed by atoms with Gasteiger partial charge in [-0.15, -0.1) is 6.42 Å². The molecule has 0 aromatic rings. The predicted molar refractivity (Wildman–Crippen MR) is 55.3 cm³/mol. The van der Waals surface area contributed by atoms with Crippen LogP contribution in [0.15, 0.2) is 0 Å². The second kappa shape index (κ2) is 4.31. The lowest BCUT2D eigenvalue weighted by atomic mass is 9.84. The largest absolute Gasteiger partial charge is 0.328 e. The lowest BCUT2D eigenvalue weighted by Crippen LogP contribution is -2.55. The number of nitrogens with zero attached hydrogens (tertiary/aromatic N) is 1. The van der Waals surface area contributed by atoms with Crippen LogP contribution in [0.3, 0.4) is 0 Å². The molecule has 0 spiro atoms. The van der Waals surface area contributed by atoms with Crippen LogP contribution in [-0.2, 0) is 4.84 Å². The van der Waals surface area contributed by atoms with Gasteiger partial charge in [-0.1, -0.05) is 12.3 Å². The molecular weight excluding hydrogens is 176 g/mol. The molecule has 2 saturated heterocycles. The van der Waals surface area contributed by atoms with Crippen molar-refractivity contribution in [2.24, 2.45) is 5.73 Å². The zero-order valence-corrected chi connectivity index (χ0v) is 8.48. The molecule has 3 heteroatoms. The standard InChI is InChI=1S/C11H18N2O/c1-2-6-14-13-10-4-3-5-11(13)8-9(12)7-10/h1,9-11H,3-8,12H2. The number of fused-ring (bicyclic) bond motifs is 2. The minimum atomic E-state index is 0.357. The van der Waals surface area contributed by atoms with Gasteiger partial charge in [0.05, 0.1) is 0 Å². The summed E-state index contributed by atoms with van der Waals surface area (Å²) in [6, 6.07) is 1.37. The van der Waals surface area contributed by atoms with E-state index in [1.54, 1.807) is 0 Å². The molecule has 2 N–H and O–H groups in total. The van der Waals surface area contributed by atoms with Crippen LogP contribution < -0.4 is 5.73 Å². The summed E-state index contributed by atoms with van der Waals surface area (Å²) < 4.78 is 0. The summed E-state index contributed by atoms with van der Waals surface area (Å²) >= 11 is 0. The van der Waals surface area contributed by atoms with Crippen molar-refractivity contribution in [3.05, 3.63) is 0 Å². The molecule has 2 bridgehead atoms. The Morgan fingerprint density at radius 3 is 2.57 bits per heavy atom. The highest BCUT2D eigenvalue weighted by atomic mass is 16.7. The van der Waals surface area contributed by atoms with Crippen LogP contribution in [0, 0.1) is 12.3 Å². The van der Waals surface area contributed by atoms with Crippen molar-refractivity contribution in [3.8, 4) is 12.3 Å². The number of terminal acetylenes is 1. The van der Waals surface area contributed by atoms with E-state index >= 15 is 0 Å². The summed E-state index contributed by atoms with van der Waals surface area (Å²) in [5, 5.41) is 2.12. The number of piperidine rings is 2. The lowest BCUT2D eigenvalue weighted by Gasteiger charge is -2.46. The maximum absolute atomic E-state index is 5.99. The lowest BCUT2D eigenvalue weighted by molar-refractivity contribution is -0.232. The molecule has 2 unspecified atom stereocenters. The molecule has 2 aliphatic rings. The van der Waals surface area contributed by atoms with Crippen molar-refractivity contribution in [2.75, 3.05) is 6.61 Å². The first-order chi connectivity index (χ1) is 6.81. The van der Waals surface area contributed by atoms with Gasteiger partial charge in [-0.2, -0.15) is 5.06 Å². The van der Waals surface area contributed by atoms with Crippen LogP contribution >= 0.6 is 0 Å². The Hall–Kier alpha value is -0.560. The number of nitrogens with two attached hydrogens (primary N) is 1. The van der Waals surface area contributed by atoms with Crippen LogP contribution in [0.4, 0.5) is 0 Å². The van der Waals surface area contributed by atoms with Crippen molar-refractivity contribution in [3.63, 3.8) is 0 Å². The first-order valence-electron chi connectivity index (χ1n) is 5.41. The zero-order chi connectivity index (χ0) is 9.97. The van der Waals surface area contributed by atoms with Gasteiger partial charge in [-0.25, -0.2) is 0 Å². The maximum Gasteiger partial charge on any atom is 0.129 e. The Kier molecular flexibility index (Phi) is 3.07. The summed E-state index contributed by atoms with van der Waals surface area (Å²) in [5.74, 6) is 2.52. The first kappa shape index (κ1) is 9.97. The highest BCUT2D eigenvalue weighted by molar-refractivity contribution is 4.91. The number of rotatable bonds is 2. The van der Waals surface area contributed by atoms with Gasteiger partial charge in [0.1, 0.15) is 6.61 Å². The Bertz CT molecular complexity index is 222. The summed E-state index contributed by atoms with van der Waals surface area (Å²) in [7, 11) is 0. The molecule has 2 atom stereocenters. The normalized spacial score (nSPS) is 37.9. The molecule has 0 aromatic heterocycles. The average molecular weight is 194 g/mol. The van der Waals surface area contributed by atoms with E-state index in [9.17, 15) is 0 Å². The topological polar surface area (TPSA) is 38.5 Å². The molecule has 0 aromatic carbocycles. The van der Waals surface area contributed by atoms with Crippen molar-refractivity contribution in [1.29, 1.82) is 0 Å². The van der Waals surface area contributed by atoms with E-state index in [4.69, 9.17) is 17.0 Å². The van der Waals surface area contributed by atoms with Crippen LogP contribution in [0.1, 0.15) is 32.1 Å². The van der Waals surface area contributed by atoms with Gasteiger partial charge in [0, 0.05) is 18.1 Å². The molecule has 0 amide bonds. The van der Waals surface area contributed by atoms with E-state index in [0.29, 0.717) is 24.7 Å². The van der Waals surface area contributed by atoms with Crippen LogP contribution in [0.25, 0.3) is 0 Å². The molecule has 2 heterocycles. The summed E-state index contributed by atoms with van der Waals surface area (Å²) in [6.45, 7) is 0.391. The van der Waals surface area contributed by atoms with Gasteiger partial charge < -0.3 is 5.73 Å². The van der Waals surface area contributed by atoms with Gasteiger partial charge in [-0.05, 0) is 25.7 Å². The zero-order valence-electron chi connectivity index (χ0n) is 8.48. The average Bonchev–Trinajstić information content (AvgIpc) is 2.14. The molecule has 2 aliphatic heterocycles. The van der Waals surface area contributed by atoms with Gasteiger partial charge in [0.15, 0.2) is 0 Å². The van der Waals surface area contributed by atoms with Crippen molar-refractivity contribution >= 4 is 0 Å². The fraction of sp³-hybridized carbons (Fsp3) is 0.818. The smallest absolute Gasteiger partial charge is 0.129 e. The number of hydrogen-bond donors (Lipinski definition) is 1. The van der Waals surface area contributed by atoms with Crippen molar-refractivity contribution in [1.82, 2.24) is 5.06 Å². The third-order valence-electron chi connectivity index (χ3n) is 3.24. The Morgan fingerprint density at radius 2 is 2.00 bits per heavy atom. The molecule has 0 radical (unpaired) electrons. The molecule has 3 nitrogen and oxygen atoms in total. The summed E-state index contributed by atoms with van der Waals surface area (Å²) in [5.41, 5.74) is 5.99. The van der Waals surface area contributed by atoms with Crippen molar-refractivity contribution in [2.45, 2.75) is 50.2 Å². The molecule has 2 rings (SSSR count).